The molecule has 21 heavy (non-hydrogen) atoms. The van der Waals surface area contributed by atoms with Crippen LogP contribution in [0.25, 0.3) is 11.3 Å². The third kappa shape index (κ3) is 3.83. The van der Waals surface area contributed by atoms with E-state index in [-0.39, 0.29) is 5.56 Å². The van der Waals surface area contributed by atoms with E-state index in [2.05, 4.69) is 10.3 Å². The summed E-state index contributed by atoms with van der Waals surface area (Å²) in [7, 11) is 0. The van der Waals surface area contributed by atoms with Crippen molar-refractivity contribution in [2.75, 3.05) is 6.54 Å². The van der Waals surface area contributed by atoms with Gasteiger partial charge >= 0.3 is 0 Å². The lowest BCUT2D eigenvalue weighted by Gasteiger charge is -2.05. The summed E-state index contributed by atoms with van der Waals surface area (Å²) >= 11 is 5.83. The standard InChI is InChI=1S/C16H15ClN2O2/c1-2-3-10-18-15(20)13-8-9-14(19-16(13)21)11-4-6-12(17)7-5-11/h2-9H,10H2,1H3,(H,18,20)(H,19,21)/b3-2+. The Morgan fingerprint density at radius 3 is 2.57 bits per heavy atom. The zero-order chi connectivity index (χ0) is 15.2. The summed E-state index contributed by atoms with van der Waals surface area (Å²) < 4.78 is 0. The van der Waals surface area contributed by atoms with Crippen LogP contribution < -0.4 is 10.9 Å². The number of halogens is 1. The summed E-state index contributed by atoms with van der Waals surface area (Å²) in [5.41, 5.74) is 1.15. The molecule has 0 aliphatic carbocycles. The van der Waals surface area contributed by atoms with Gasteiger partial charge in [-0.25, -0.2) is 0 Å². The number of carbonyl (C=O) groups is 1. The van der Waals surface area contributed by atoms with E-state index < -0.39 is 11.5 Å². The van der Waals surface area contributed by atoms with Gasteiger partial charge in [0.1, 0.15) is 5.56 Å². The Balaban J connectivity index is 2.23. The maximum absolute atomic E-state index is 12.0. The van der Waals surface area contributed by atoms with Crippen LogP contribution in [0.4, 0.5) is 0 Å². The molecule has 1 amide bonds. The molecule has 4 nitrogen and oxygen atoms in total. The van der Waals surface area contributed by atoms with Crippen LogP contribution in [-0.2, 0) is 0 Å². The first-order valence-corrected chi connectivity index (χ1v) is 6.88. The third-order valence-electron chi connectivity index (χ3n) is 2.93. The van der Waals surface area contributed by atoms with E-state index >= 15 is 0 Å². The van der Waals surface area contributed by atoms with Crippen LogP contribution in [0.3, 0.4) is 0 Å². The number of amides is 1. The monoisotopic (exact) mass is 302 g/mol. The zero-order valence-corrected chi connectivity index (χ0v) is 12.3. The molecular weight excluding hydrogens is 288 g/mol. The Kier molecular flexibility index (Phi) is 4.95. The van der Waals surface area contributed by atoms with Crippen LogP contribution >= 0.6 is 11.6 Å². The number of allylic oxidation sites excluding steroid dienone is 1. The normalized spacial score (nSPS) is 10.8. The minimum atomic E-state index is -0.416. The number of rotatable bonds is 4. The number of aromatic amines is 1. The molecule has 1 aromatic heterocycles. The molecule has 2 N–H and O–H groups in total. The van der Waals surface area contributed by atoms with Gasteiger partial charge in [0.15, 0.2) is 0 Å². The highest BCUT2D eigenvalue weighted by molar-refractivity contribution is 6.30. The fourth-order valence-corrected chi connectivity index (χ4v) is 1.94. The highest BCUT2D eigenvalue weighted by Gasteiger charge is 2.10. The van der Waals surface area contributed by atoms with Gasteiger partial charge in [0.2, 0.25) is 0 Å². The lowest BCUT2D eigenvalue weighted by atomic mass is 10.1. The Hall–Kier alpha value is -2.33. The maximum Gasteiger partial charge on any atom is 0.261 e. The lowest BCUT2D eigenvalue weighted by molar-refractivity contribution is 0.0956. The molecule has 0 fully saturated rings. The highest BCUT2D eigenvalue weighted by atomic mass is 35.5. The smallest absolute Gasteiger partial charge is 0.261 e. The van der Waals surface area contributed by atoms with Crippen LogP contribution in [0.5, 0.6) is 0 Å². The molecule has 0 aliphatic heterocycles. The molecule has 0 unspecified atom stereocenters. The molecular formula is C16H15ClN2O2. The van der Waals surface area contributed by atoms with Gasteiger partial charge in [-0.1, -0.05) is 35.9 Å². The van der Waals surface area contributed by atoms with E-state index in [1.54, 1.807) is 36.4 Å². The average molecular weight is 303 g/mol. The Morgan fingerprint density at radius 2 is 1.95 bits per heavy atom. The van der Waals surface area contributed by atoms with Crippen LogP contribution in [0.2, 0.25) is 5.02 Å². The van der Waals surface area contributed by atoms with Crippen molar-refractivity contribution in [3.63, 3.8) is 0 Å². The number of pyridine rings is 1. The van der Waals surface area contributed by atoms with Gasteiger partial charge in [-0.15, -0.1) is 0 Å². The van der Waals surface area contributed by atoms with Crippen molar-refractivity contribution in [2.45, 2.75) is 6.92 Å². The molecule has 108 valence electrons. The van der Waals surface area contributed by atoms with Gasteiger partial charge < -0.3 is 10.3 Å². The summed E-state index contributed by atoms with van der Waals surface area (Å²) in [6.45, 7) is 2.26. The average Bonchev–Trinajstić information content (AvgIpc) is 2.48. The summed E-state index contributed by atoms with van der Waals surface area (Å²) in [4.78, 5) is 26.5. The third-order valence-corrected chi connectivity index (χ3v) is 3.18. The van der Waals surface area contributed by atoms with Gasteiger partial charge in [-0.05, 0) is 36.8 Å². The van der Waals surface area contributed by atoms with Gasteiger partial charge in [0, 0.05) is 17.3 Å². The first-order valence-electron chi connectivity index (χ1n) is 6.50. The number of carbonyl (C=O) groups excluding carboxylic acids is 1. The van der Waals surface area contributed by atoms with Crippen LogP contribution in [0.1, 0.15) is 17.3 Å². The minimum absolute atomic E-state index is 0.0946. The number of H-pyrrole nitrogens is 1. The summed E-state index contributed by atoms with van der Waals surface area (Å²) in [6, 6.07) is 10.3. The van der Waals surface area contributed by atoms with Crippen LogP contribution in [0.15, 0.2) is 53.3 Å². The van der Waals surface area contributed by atoms with Gasteiger partial charge in [0.25, 0.3) is 11.5 Å². The van der Waals surface area contributed by atoms with E-state index in [1.165, 1.54) is 6.07 Å². The first kappa shape index (κ1) is 15.1. The molecule has 5 heteroatoms. The first-order chi connectivity index (χ1) is 10.1. The molecule has 0 saturated heterocycles. The SMILES string of the molecule is C/C=C/CNC(=O)c1ccc(-c2ccc(Cl)cc2)[nH]c1=O. The van der Waals surface area contributed by atoms with Crippen LogP contribution in [0, 0.1) is 0 Å². The Morgan fingerprint density at radius 1 is 1.24 bits per heavy atom. The predicted molar refractivity (Wildman–Crippen MR) is 84.7 cm³/mol. The van der Waals surface area contributed by atoms with Crippen molar-refractivity contribution in [3.05, 3.63) is 69.5 Å². The molecule has 0 spiro atoms. The number of benzene rings is 1. The topological polar surface area (TPSA) is 62.0 Å². The lowest BCUT2D eigenvalue weighted by Crippen LogP contribution is -2.29. The molecule has 0 bridgehead atoms. The van der Waals surface area contributed by atoms with Crippen LogP contribution in [-0.4, -0.2) is 17.4 Å². The van der Waals surface area contributed by atoms with Gasteiger partial charge in [-0.2, -0.15) is 0 Å². The van der Waals surface area contributed by atoms with Gasteiger partial charge in [-0.3, -0.25) is 9.59 Å². The predicted octanol–water partition coefficient (Wildman–Crippen LogP) is 3.00. The van der Waals surface area contributed by atoms with Crippen molar-refractivity contribution < 1.29 is 4.79 Å². The Bertz CT molecular complexity index is 718. The fourth-order valence-electron chi connectivity index (χ4n) is 1.82. The van der Waals surface area contributed by atoms with Crippen molar-refractivity contribution >= 4 is 17.5 Å². The molecule has 0 saturated carbocycles. The molecule has 0 atom stereocenters. The number of hydrogen-bond donors (Lipinski definition) is 2. The van der Waals surface area contributed by atoms with Gasteiger partial charge in [0.05, 0.1) is 0 Å². The number of hydrogen-bond acceptors (Lipinski definition) is 2. The summed E-state index contributed by atoms with van der Waals surface area (Å²) in [6.07, 6.45) is 3.63. The van der Waals surface area contributed by atoms with E-state index in [9.17, 15) is 9.59 Å². The summed E-state index contributed by atoms with van der Waals surface area (Å²) in [5.74, 6) is -0.392. The number of nitrogens with one attached hydrogen (secondary N) is 2. The van der Waals surface area contributed by atoms with E-state index in [0.29, 0.717) is 17.3 Å². The minimum Gasteiger partial charge on any atom is -0.348 e. The second-order valence-corrected chi connectivity index (χ2v) is 4.84. The highest BCUT2D eigenvalue weighted by Crippen LogP contribution is 2.18. The van der Waals surface area contributed by atoms with E-state index in [0.717, 1.165) is 5.56 Å². The van der Waals surface area contributed by atoms with Crippen molar-refractivity contribution in [1.29, 1.82) is 0 Å². The molecule has 1 aromatic carbocycles. The Labute approximate surface area is 127 Å². The summed E-state index contributed by atoms with van der Waals surface area (Å²) in [5, 5.41) is 3.27. The van der Waals surface area contributed by atoms with E-state index in [1.807, 2.05) is 13.0 Å². The molecule has 0 radical (unpaired) electrons. The molecule has 2 rings (SSSR count). The largest absolute Gasteiger partial charge is 0.348 e. The van der Waals surface area contributed by atoms with E-state index in [4.69, 9.17) is 11.6 Å². The molecule has 2 aromatic rings. The quantitative estimate of drug-likeness (QED) is 0.853. The fraction of sp³-hybridized carbons (Fsp3) is 0.125. The molecule has 0 aliphatic rings. The number of aromatic nitrogens is 1. The van der Waals surface area contributed by atoms with Crippen molar-refractivity contribution in [1.82, 2.24) is 10.3 Å². The van der Waals surface area contributed by atoms with Crippen molar-refractivity contribution in [2.24, 2.45) is 0 Å². The van der Waals surface area contributed by atoms with Crippen molar-refractivity contribution in [3.8, 4) is 11.3 Å². The second-order valence-electron chi connectivity index (χ2n) is 4.40. The maximum atomic E-state index is 12.0. The second kappa shape index (κ2) is 6.90. The zero-order valence-electron chi connectivity index (χ0n) is 11.5. The molecule has 1 heterocycles.